The van der Waals surface area contributed by atoms with Crippen LogP contribution in [0.4, 0.5) is 0 Å². The molecule has 2 aromatic carbocycles. The molecule has 2 aromatic rings. The van der Waals surface area contributed by atoms with Crippen molar-refractivity contribution in [1.82, 2.24) is 10.2 Å². The average molecular weight is 337 g/mol. The average Bonchev–Trinajstić information content (AvgIpc) is 3.29. The van der Waals surface area contributed by atoms with Crippen LogP contribution in [0.15, 0.2) is 47.5 Å². The van der Waals surface area contributed by atoms with Gasteiger partial charge in [0.1, 0.15) is 0 Å². The number of hydrogen-bond donors (Lipinski definition) is 1. The standard InChI is InChI=1S/C21H27N3O/c1-2-22-20(24-12-10-21(15-24)11-13-25-16-21)23-14-18-8-5-7-17-6-3-4-9-19(17)18/h3-9H,2,10-16H2,1H3,(H,22,23). The van der Waals surface area contributed by atoms with Gasteiger partial charge in [0.05, 0.1) is 13.2 Å². The van der Waals surface area contributed by atoms with E-state index in [4.69, 9.17) is 9.73 Å². The van der Waals surface area contributed by atoms with Gasteiger partial charge in [0.15, 0.2) is 5.96 Å². The second-order valence-corrected chi connectivity index (χ2v) is 7.28. The monoisotopic (exact) mass is 337 g/mol. The Morgan fingerprint density at radius 1 is 1.20 bits per heavy atom. The highest BCUT2D eigenvalue weighted by atomic mass is 16.5. The molecule has 0 aromatic heterocycles. The van der Waals surface area contributed by atoms with Crippen molar-refractivity contribution >= 4 is 16.7 Å². The quantitative estimate of drug-likeness (QED) is 0.689. The van der Waals surface area contributed by atoms with E-state index < -0.39 is 0 Å². The second kappa shape index (κ2) is 7.04. The third-order valence-electron chi connectivity index (χ3n) is 5.54. The minimum atomic E-state index is 0.357. The fourth-order valence-electron chi connectivity index (χ4n) is 4.10. The van der Waals surface area contributed by atoms with Gasteiger partial charge in [0.2, 0.25) is 0 Å². The zero-order valence-corrected chi connectivity index (χ0v) is 15.0. The second-order valence-electron chi connectivity index (χ2n) is 7.28. The maximum Gasteiger partial charge on any atom is 0.194 e. The highest BCUT2D eigenvalue weighted by Crippen LogP contribution is 2.38. The lowest BCUT2D eigenvalue weighted by Crippen LogP contribution is -2.41. The predicted molar refractivity (Wildman–Crippen MR) is 103 cm³/mol. The summed E-state index contributed by atoms with van der Waals surface area (Å²) < 4.78 is 5.66. The first-order valence-electron chi connectivity index (χ1n) is 9.37. The van der Waals surface area contributed by atoms with E-state index in [0.29, 0.717) is 12.0 Å². The summed E-state index contributed by atoms with van der Waals surface area (Å²) in [6.07, 6.45) is 2.40. The molecule has 0 bridgehead atoms. The van der Waals surface area contributed by atoms with Crippen LogP contribution in [0.25, 0.3) is 10.8 Å². The molecule has 1 atom stereocenters. The lowest BCUT2D eigenvalue weighted by atomic mass is 9.87. The van der Waals surface area contributed by atoms with Crippen molar-refractivity contribution in [3.63, 3.8) is 0 Å². The van der Waals surface area contributed by atoms with Gasteiger partial charge in [0.25, 0.3) is 0 Å². The number of benzene rings is 2. The summed E-state index contributed by atoms with van der Waals surface area (Å²) in [4.78, 5) is 7.38. The molecule has 0 amide bonds. The van der Waals surface area contributed by atoms with Gasteiger partial charge < -0.3 is 15.0 Å². The number of rotatable bonds is 3. The molecule has 0 saturated carbocycles. The van der Waals surface area contributed by atoms with E-state index in [-0.39, 0.29) is 0 Å². The minimum Gasteiger partial charge on any atom is -0.381 e. The van der Waals surface area contributed by atoms with Crippen molar-refractivity contribution in [3.8, 4) is 0 Å². The molecule has 2 aliphatic heterocycles. The number of fused-ring (bicyclic) bond motifs is 1. The molecule has 25 heavy (non-hydrogen) atoms. The van der Waals surface area contributed by atoms with E-state index >= 15 is 0 Å². The topological polar surface area (TPSA) is 36.9 Å². The van der Waals surface area contributed by atoms with Crippen molar-refractivity contribution in [2.75, 3.05) is 32.8 Å². The molecule has 2 saturated heterocycles. The summed E-state index contributed by atoms with van der Waals surface area (Å²) in [6, 6.07) is 15.0. The van der Waals surface area contributed by atoms with Gasteiger partial charge in [-0.15, -0.1) is 0 Å². The van der Waals surface area contributed by atoms with Crippen LogP contribution >= 0.6 is 0 Å². The minimum absolute atomic E-state index is 0.357. The van der Waals surface area contributed by atoms with Crippen molar-refractivity contribution in [3.05, 3.63) is 48.0 Å². The molecule has 4 rings (SSSR count). The maximum atomic E-state index is 5.66. The SMILES string of the molecule is CCNC(=NCc1cccc2ccccc12)N1CCC2(CCOC2)C1. The van der Waals surface area contributed by atoms with Gasteiger partial charge in [-0.1, -0.05) is 42.5 Å². The molecule has 0 aliphatic carbocycles. The lowest BCUT2D eigenvalue weighted by Gasteiger charge is -2.25. The van der Waals surface area contributed by atoms with E-state index in [0.717, 1.165) is 38.8 Å². The normalized spacial score (nSPS) is 23.7. The number of guanidine groups is 1. The van der Waals surface area contributed by atoms with E-state index in [2.05, 4.69) is 59.6 Å². The Morgan fingerprint density at radius 2 is 2.08 bits per heavy atom. The highest BCUT2D eigenvalue weighted by molar-refractivity contribution is 5.86. The number of nitrogens with zero attached hydrogens (tertiary/aromatic N) is 2. The zero-order chi connectivity index (χ0) is 17.1. The van der Waals surface area contributed by atoms with Crippen LogP contribution in [0.1, 0.15) is 25.3 Å². The molecule has 132 valence electrons. The molecule has 4 nitrogen and oxygen atoms in total. The molecule has 2 fully saturated rings. The summed E-state index contributed by atoms with van der Waals surface area (Å²) >= 11 is 0. The number of aliphatic imine (C=N–C) groups is 1. The Hall–Kier alpha value is -2.07. The summed E-state index contributed by atoms with van der Waals surface area (Å²) in [5, 5.41) is 6.06. The van der Waals surface area contributed by atoms with Crippen LogP contribution in [-0.4, -0.2) is 43.7 Å². The van der Waals surface area contributed by atoms with Crippen molar-refractivity contribution in [2.24, 2.45) is 10.4 Å². The van der Waals surface area contributed by atoms with E-state index in [9.17, 15) is 0 Å². The molecule has 4 heteroatoms. The third-order valence-corrected chi connectivity index (χ3v) is 5.54. The van der Waals surface area contributed by atoms with E-state index in [1.807, 2.05) is 0 Å². The number of hydrogen-bond acceptors (Lipinski definition) is 2. The molecule has 1 N–H and O–H groups in total. The summed E-state index contributed by atoms with van der Waals surface area (Å²) in [5.41, 5.74) is 1.64. The molecule has 1 spiro atoms. The van der Waals surface area contributed by atoms with E-state index in [1.54, 1.807) is 0 Å². The first-order chi connectivity index (χ1) is 12.3. The Kier molecular flexibility index (Phi) is 4.62. The van der Waals surface area contributed by atoms with E-state index in [1.165, 1.54) is 29.2 Å². The largest absolute Gasteiger partial charge is 0.381 e. The fraction of sp³-hybridized carbons (Fsp3) is 0.476. The lowest BCUT2D eigenvalue weighted by molar-refractivity contribution is 0.156. The van der Waals surface area contributed by atoms with Crippen molar-refractivity contribution < 1.29 is 4.74 Å². The van der Waals surface area contributed by atoms with Gasteiger partial charge >= 0.3 is 0 Å². The number of likely N-dealkylation sites (tertiary alicyclic amines) is 1. The Labute approximate surface area is 149 Å². The van der Waals surface area contributed by atoms with Crippen molar-refractivity contribution in [2.45, 2.75) is 26.3 Å². The smallest absolute Gasteiger partial charge is 0.194 e. The predicted octanol–water partition coefficient (Wildman–Crippen LogP) is 3.42. The summed E-state index contributed by atoms with van der Waals surface area (Å²) in [6.45, 7) is 7.71. The van der Waals surface area contributed by atoms with Gasteiger partial charge in [-0.25, -0.2) is 4.99 Å². The number of ether oxygens (including phenoxy) is 1. The van der Waals surface area contributed by atoms with Crippen LogP contribution in [0.5, 0.6) is 0 Å². The summed E-state index contributed by atoms with van der Waals surface area (Å²) in [5.74, 6) is 1.04. The highest BCUT2D eigenvalue weighted by Gasteiger charge is 2.42. The Bertz CT molecular complexity index is 759. The van der Waals surface area contributed by atoms with Gasteiger partial charge in [-0.2, -0.15) is 0 Å². The Morgan fingerprint density at radius 3 is 2.92 bits per heavy atom. The maximum absolute atomic E-state index is 5.66. The number of nitrogens with one attached hydrogen (secondary N) is 1. The first-order valence-corrected chi connectivity index (χ1v) is 9.37. The fourth-order valence-corrected chi connectivity index (χ4v) is 4.10. The molecule has 1 unspecified atom stereocenters. The molecule has 2 aliphatic rings. The van der Waals surface area contributed by atoms with Crippen molar-refractivity contribution in [1.29, 1.82) is 0 Å². The van der Waals surface area contributed by atoms with Gasteiger partial charge in [-0.05, 0) is 36.1 Å². The first kappa shape index (κ1) is 16.4. The van der Waals surface area contributed by atoms with Gasteiger partial charge in [0, 0.05) is 31.7 Å². The van der Waals surface area contributed by atoms with Crippen LogP contribution in [-0.2, 0) is 11.3 Å². The van der Waals surface area contributed by atoms with Crippen LogP contribution in [0.2, 0.25) is 0 Å². The Balaban J connectivity index is 1.54. The third kappa shape index (κ3) is 3.36. The summed E-state index contributed by atoms with van der Waals surface area (Å²) in [7, 11) is 0. The van der Waals surface area contributed by atoms with Crippen LogP contribution in [0.3, 0.4) is 0 Å². The molecular weight excluding hydrogens is 310 g/mol. The molecular formula is C21H27N3O. The van der Waals surface area contributed by atoms with Gasteiger partial charge in [-0.3, -0.25) is 0 Å². The van der Waals surface area contributed by atoms with Crippen LogP contribution < -0.4 is 5.32 Å². The molecule has 2 heterocycles. The molecule has 0 radical (unpaired) electrons. The zero-order valence-electron chi connectivity index (χ0n) is 15.0. The van der Waals surface area contributed by atoms with Crippen LogP contribution in [0, 0.1) is 5.41 Å².